The van der Waals surface area contributed by atoms with E-state index in [0.29, 0.717) is 0 Å². The predicted molar refractivity (Wildman–Crippen MR) is 191 cm³/mol. The monoisotopic (exact) mass is 600 g/mol. The van der Waals surface area contributed by atoms with Gasteiger partial charge in [0.2, 0.25) is 0 Å². The van der Waals surface area contributed by atoms with E-state index < -0.39 is 0 Å². The van der Waals surface area contributed by atoms with Crippen LogP contribution >= 0.6 is 0 Å². The molecular weight excluding hydrogens is 576 g/mol. The molecule has 0 unspecified atom stereocenters. The van der Waals surface area contributed by atoms with Gasteiger partial charge < -0.3 is 4.42 Å². The lowest BCUT2D eigenvalue weighted by Gasteiger charge is -2.10. The topological polar surface area (TPSA) is 64.7 Å². The second-order valence-corrected chi connectivity index (χ2v) is 11.9. The van der Waals surface area contributed by atoms with Crippen molar-refractivity contribution in [3.05, 3.63) is 146 Å². The molecule has 7 aromatic carbocycles. The number of para-hydroxylation sites is 1. The molecule has 0 N–H and O–H groups in total. The first-order valence-electron chi connectivity index (χ1n) is 15.6. The summed E-state index contributed by atoms with van der Waals surface area (Å²) in [7, 11) is 0. The average Bonchev–Trinajstić information content (AvgIpc) is 3.51. The smallest absolute Gasteiger partial charge is 0.143 e. The number of benzene rings is 7. The molecule has 0 bridgehead atoms. The Labute approximate surface area is 268 Å². The van der Waals surface area contributed by atoms with Crippen molar-refractivity contribution in [2.45, 2.75) is 0 Å². The molecule has 0 atom stereocenters. The van der Waals surface area contributed by atoms with Crippen LogP contribution in [0.5, 0.6) is 0 Å². The lowest BCUT2D eigenvalue weighted by molar-refractivity contribution is 0.670. The van der Waals surface area contributed by atoms with E-state index in [0.717, 1.165) is 88.3 Å². The van der Waals surface area contributed by atoms with Crippen molar-refractivity contribution in [2.75, 3.05) is 0 Å². The van der Waals surface area contributed by atoms with E-state index in [4.69, 9.17) is 14.4 Å². The zero-order valence-electron chi connectivity index (χ0n) is 25.1. The van der Waals surface area contributed by atoms with E-state index in [2.05, 4.69) is 125 Å². The Morgan fingerprint density at radius 2 is 1.04 bits per heavy atom. The molecule has 5 heteroatoms. The molecule has 3 aromatic heterocycles. The fourth-order valence-electron chi connectivity index (χ4n) is 6.93. The third kappa shape index (κ3) is 4.03. The molecule has 0 radical (unpaired) electrons. The molecule has 0 fully saturated rings. The van der Waals surface area contributed by atoms with Gasteiger partial charge in [0.05, 0.1) is 22.9 Å². The number of nitrogens with zero attached hydrogens (tertiary/aromatic N) is 4. The maximum Gasteiger partial charge on any atom is 0.143 e. The van der Waals surface area contributed by atoms with Crippen molar-refractivity contribution < 1.29 is 4.42 Å². The van der Waals surface area contributed by atoms with Gasteiger partial charge in [0.25, 0.3) is 0 Å². The van der Waals surface area contributed by atoms with Gasteiger partial charge in [-0.15, -0.1) is 0 Å². The van der Waals surface area contributed by atoms with Gasteiger partial charge in [-0.25, -0.2) is 9.97 Å². The van der Waals surface area contributed by atoms with Crippen molar-refractivity contribution in [3.63, 3.8) is 0 Å². The molecule has 10 rings (SSSR count). The van der Waals surface area contributed by atoms with E-state index in [9.17, 15) is 0 Å². The summed E-state index contributed by atoms with van der Waals surface area (Å²) in [6.07, 6.45) is 5.27. The van der Waals surface area contributed by atoms with Gasteiger partial charge in [0.15, 0.2) is 0 Å². The highest BCUT2D eigenvalue weighted by molar-refractivity contribution is 6.20. The Bertz CT molecular complexity index is 2840. The largest absolute Gasteiger partial charge is 0.455 e. The molecule has 3 heterocycles. The number of hydrogen-bond donors (Lipinski definition) is 0. The number of rotatable bonds is 3. The molecule has 0 aliphatic heterocycles. The number of aromatic nitrogens is 4. The van der Waals surface area contributed by atoms with Crippen LogP contribution < -0.4 is 0 Å². The van der Waals surface area contributed by atoms with Crippen molar-refractivity contribution in [3.8, 4) is 33.5 Å². The van der Waals surface area contributed by atoms with Crippen molar-refractivity contribution in [1.29, 1.82) is 0 Å². The lowest BCUT2D eigenvalue weighted by atomic mass is 9.96. The van der Waals surface area contributed by atoms with Crippen molar-refractivity contribution in [2.24, 2.45) is 0 Å². The third-order valence-electron chi connectivity index (χ3n) is 9.16. The lowest BCUT2D eigenvalue weighted by Crippen LogP contribution is -1.94. The van der Waals surface area contributed by atoms with E-state index in [1.54, 1.807) is 12.4 Å². The second kappa shape index (κ2) is 10.0. The summed E-state index contributed by atoms with van der Waals surface area (Å²) in [6, 6.07) is 44.6. The summed E-state index contributed by atoms with van der Waals surface area (Å²) >= 11 is 0. The van der Waals surface area contributed by atoms with Crippen LogP contribution in [0.1, 0.15) is 0 Å². The van der Waals surface area contributed by atoms with E-state index in [1.807, 2.05) is 18.3 Å². The number of hydrogen-bond acceptors (Lipinski definition) is 5. The second-order valence-electron chi connectivity index (χ2n) is 11.9. The molecular formula is C42H24N4O. The Hall–Kier alpha value is -6.46. The highest BCUT2D eigenvalue weighted by atomic mass is 16.3. The molecule has 0 saturated heterocycles. The minimum absolute atomic E-state index is 0.757. The molecule has 0 amide bonds. The first-order valence-corrected chi connectivity index (χ1v) is 15.6. The molecule has 0 aliphatic carbocycles. The minimum atomic E-state index is 0.757. The van der Waals surface area contributed by atoms with Crippen LogP contribution in [0, 0.1) is 0 Å². The maximum absolute atomic E-state index is 6.54. The van der Waals surface area contributed by atoms with Crippen molar-refractivity contribution >= 4 is 65.6 Å². The summed E-state index contributed by atoms with van der Waals surface area (Å²) in [4.78, 5) is 19.3. The summed E-state index contributed by atoms with van der Waals surface area (Å²) in [6.45, 7) is 0. The first-order chi connectivity index (χ1) is 23.3. The Kier molecular flexibility index (Phi) is 5.51. The Balaban J connectivity index is 1.08. The first kappa shape index (κ1) is 25.8. The van der Waals surface area contributed by atoms with Crippen LogP contribution in [0.4, 0.5) is 0 Å². The summed E-state index contributed by atoms with van der Waals surface area (Å²) < 4.78 is 6.54. The van der Waals surface area contributed by atoms with Gasteiger partial charge in [-0.3, -0.25) is 9.97 Å². The van der Waals surface area contributed by atoms with Crippen LogP contribution in [-0.4, -0.2) is 19.9 Å². The quantitative estimate of drug-likeness (QED) is 0.189. The van der Waals surface area contributed by atoms with Crippen LogP contribution in [-0.2, 0) is 0 Å². The molecule has 0 aliphatic rings. The third-order valence-corrected chi connectivity index (χ3v) is 9.16. The van der Waals surface area contributed by atoms with Crippen LogP contribution in [0.3, 0.4) is 0 Å². The highest BCUT2D eigenvalue weighted by Crippen LogP contribution is 2.39. The van der Waals surface area contributed by atoms with Gasteiger partial charge in [0, 0.05) is 45.1 Å². The molecule has 218 valence electrons. The SMILES string of the molecule is c1cc(-c2cccc(-c3cccc4c3oc3cc5ccccc5cc34)c2)cc(-c2cnc3c(n2)c2ccccc2c2nccnc23)c1. The molecule has 5 nitrogen and oxygen atoms in total. The zero-order valence-corrected chi connectivity index (χ0v) is 25.1. The summed E-state index contributed by atoms with van der Waals surface area (Å²) in [5.74, 6) is 0. The van der Waals surface area contributed by atoms with Gasteiger partial charge in [-0.05, 0) is 51.7 Å². The van der Waals surface area contributed by atoms with Gasteiger partial charge in [0.1, 0.15) is 22.2 Å². The van der Waals surface area contributed by atoms with Crippen LogP contribution in [0.2, 0.25) is 0 Å². The standard InChI is InChI=1S/C42H24N4O/c1-2-9-28-23-37-35(22-27(28)8-1)34-17-7-16-31(42(34)47-37)29-12-5-10-25(20-29)26-11-6-13-30(21-26)36-24-45-41-39(46-36)33-15-4-3-14-32(33)38-40(41)44-19-18-43-38/h1-24H. The fourth-order valence-corrected chi connectivity index (χ4v) is 6.93. The number of furan rings is 1. The molecule has 10 aromatic rings. The Morgan fingerprint density at radius 3 is 1.87 bits per heavy atom. The minimum Gasteiger partial charge on any atom is -0.455 e. The molecule has 47 heavy (non-hydrogen) atoms. The van der Waals surface area contributed by atoms with Gasteiger partial charge in [-0.1, -0.05) is 103 Å². The van der Waals surface area contributed by atoms with Gasteiger partial charge >= 0.3 is 0 Å². The molecule has 0 saturated carbocycles. The average molecular weight is 601 g/mol. The highest BCUT2D eigenvalue weighted by Gasteiger charge is 2.16. The summed E-state index contributed by atoms with van der Waals surface area (Å²) in [5.41, 5.74) is 11.2. The number of fused-ring (bicyclic) bond motifs is 10. The Morgan fingerprint density at radius 1 is 0.426 bits per heavy atom. The maximum atomic E-state index is 6.54. The summed E-state index contributed by atoms with van der Waals surface area (Å²) in [5, 5.41) is 6.68. The zero-order chi connectivity index (χ0) is 30.9. The predicted octanol–water partition coefficient (Wildman–Crippen LogP) is 10.8. The van der Waals surface area contributed by atoms with E-state index >= 15 is 0 Å². The molecule has 0 spiro atoms. The van der Waals surface area contributed by atoms with Crippen LogP contribution in [0.25, 0.3) is 99.1 Å². The van der Waals surface area contributed by atoms with Crippen LogP contribution in [0.15, 0.2) is 150 Å². The fraction of sp³-hybridized carbons (Fsp3) is 0. The normalized spacial score (nSPS) is 11.8. The van der Waals surface area contributed by atoms with Crippen molar-refractivity contribution in [1.82, 2.24) is 19.9 Å². The van der Waals surface area contributed by atoms with Gasteiger partial charge in [-0.2, -0.15) is 0 Å². The van der Waals surface area contributed by atoms with E-state index in [1.165, 1.54) is 10.8 Å². The van der Waals surface area contributed by atoms with E-state index in [-0.39, 0.29) is 0 Å².